The van der Waals surface area contributed by atoms with E-state index >= 15 is 0 Å². The number of hydrogen-bond acceptors (Lipinski definition) is 6. The van der Waals surface area contributed by atoms with Crippen LogP contribution in [0.25, 0.3) is 11.3 Å². The van der Waals surface area contributed by atoms with Gasteiger partial charge in [0, 0.05) is 17.7 Å². The van der Waals surface area contributed by atoms with Crippen molar-refractivity contribution < 1.29 is 14.1 Å². The van der Waals surface area contributed by atoms with Crippen molar-refractivity contribution in [3.63, 3.8) is 0 Å². The Morgan fingerprint density at radius 3 is 2.45 bits per heavy atom. The molecule has 1 aromatic carbocycles. The van der Waals surface area contributed by atoms with Gasteiger partial charge in [0.05, 0.1) is 11.6 Å². The molecule has 0 aliphatic heterocycles. The van der Waals surface area contributed by atoms with Gasteiger partial charge < -0.3 is 16.0 Å². The van der Waals surface area contributed by atoms with Crippen LogP contribution in [0, 0.1) is 0 Å². The Labute approximate surface area is 192 Å². The number of benzene rings is 1. The fourth-order valence-corrected chi connectivity index (χ4v) is 3.43. The Hall–Kier alpha value is -3.88. The molecule has 2 heterocycles. The maximum Gasteiger partial charge on any atom is 0.254 e. The van der Waals surface area contributed by atoms with E-state index in [-0.39, 0.29) is 23.3 Å². The second-order valence-electron chi connectivity index (χ2n) is 8.48. The fraction of sp³-hybridized carbons (Fsp3) is 0.333. The molecule has 0 saturated carbocycles. The standard InChI is InChI=1S/C24H30N6O3/c1-13(2)6-11-18-12-19(33-29-18)27-24(32)15(5)16-7-9-17(10-8-16)21-20(23(26)31)22(25)30(28-21)14(3)4/h7-10,12,14-15H,1,6,11,25H2,2-5H3,(H2,26,31)(H,27,32). The number of primary amides is 1. The van der Waals surface area contributed by atoms with Crippen molar-refractivity contribution >= 4 is 23.5 Å². The number of nitrogen functional groups attached to an aromatic ring is 1. The Bertz CT molecular complexity index is 1170. The number of anilines is 2. The van der Waals surface area contributed by atoms with E-state index in [4.69, 9.17) is 16.0 Å². The summed E-state index contributed by atoms with van der Waals surface area (Å²) in [6.07, 6.45) is 1.51. The Balaban J connectivity index is 1.75. The molecule has 5 N–H and O–H groups in total. The number of carbonyl (C=O) groups excluding carboxylic acids is 2. The number of aromatic nitrogens is 3. The molecule has 0 fully saturated rings. The van der Waals surface area contributed by atoms with Gasteiger partial charge in [0.2, 0.25) is 11.8 Å². The van der Waals surface area contributed by atoms with Gasteiger partial charge in [-0.2, -0.15) is 5.10 Å². The van der Waals surface area contributed by atoms with Crippen molar-refractivity contribution in [1.29, 1.82) is 0 Å². The molecule has 0 aliphatic carbocycles. The van der Waals surface area contributed by atoms with E-state index in [0.717, 1.165) is 23.3 Å². The summed E-state index contributed by atoms with van der Waals surface area (Å²) in [5.74, 6) is -0.769. The molecule has 174 valence electrons. The van der Waals surface area contributed by atoms with Crippen molar-refractivity contribution in [2.24, 2.45) is 5.73 Å². The summed E-state index contributed by atoms with van der Waals surface area (Å²) in [7, 11) is 0. The van der Waals surface area contributed by atoms with E-state index < -0.39 is 11.8 Å². The first-order chi connectivity index (χ1) is 15.6. The van der Waals surface area contributed by atoms with Crippen LogP contribution in [-0.4, -0.2) is 26.8 Å². The van der Waals surface area contributed by atoms with Gasteiger partial charge in [-0.15, -0.1) is 6.58 Å². The summed E-state index contributed by atoms with van der Waals surface area (Å²) in [5.41, 5.74) is 15.5. The number of nitrogens with one attached hydrogen (secondary N) is 1. The van der Waals surface area contributed by atoms with Crippen molar-refractivity contribution in [3.8, 4) is 11.3 Å². The lowest BCUT2D eigenvalue weighted by molar-refractivity contribution is -0.117. The van der Waals surface area contributed by atoms with Crippen LogP contribution in [0.15, 0.2) is 47.0 Å². The normalized spacial score (nSPS) is 12.0. The first-order valence-corrected chi connectivity index (χ1v) is 10.8. The van der Waals surface area contributed by atoms with Crippen LogP contribution in [-0.2, 0) is 11.2 Å². The highest BCUT2D eigenvalue weighted by atomic mass is 16.5. The van der Waals surface area contributed by atoms with Crippen molar-refractivity contribution in [1.82, 2.24) is 14.9 Å². The SMILES string of the molecule is C=C(C)CCc1cc(NC(=O)C(C)c2ccc(-c3nn(C(C)C)c(N)c3C(N)=O)cc2)on1. The first-order valence-electron chi connectivity index (χ1n) is 10.8. The number of rotatable bonds is 9. The zero-order valence-electron chi connectivity index (χ0n) is 19.4. The lowest BCUT2D eigenvalue weighted by atomic mass is 9.97. The minimum atomic E-state index is -0.638. The van der Waals surface area contributed by atoms with Gasteiger partial charge in [-0.3, -0.25) is 14.9 Å². The van der Waals surface area contributed by atoms with Gasteiger partial charge in [-0.05, 0) is 46.1 Å². The molecule has 2 aromatic heterocycles. The van der Waals surface area contributed by atoms with Crippen molar-refractivity contribution in [3.05, 3.63) is 59.3 Å². The molecule has 0 spiro atoms. The van der Waals surface area contributed by atoms with Gasteiger partial charge in [-0.1, -0.05) is 35.0 Å². The van der Waals surface area contributed by atoms with E-state index in [1.54, 1.807) is 29.8 Å². The average molecular weight is 451 g/mol. The van der Waals surface area contributed by atoms with Crippen molar-refractivity contribution in [2.45, 2.75) is 52.5 Å². The van der Waals surface area contributed by atoms with Gasteiger partial charge >= 0.3 is 0 Å². The highest BCUT2D eigenvalue weighted by Gasteiger charge is 2.23. The minimum Gasteiger partial charge on any atom is -0.383 e. The predicted octanol–water partition coefficient (Wildman–Crippen LogP) is 4.05. The molecule has 0 radical (unpaired) electrons. The molecular formula is C24H30N6O3. The zero-order valence-corrected chi connectivity index (χ0v) is 19.4. The first kappa shape index (κ1) is 23.8. The summed E-state index contributed by atoms with van der Waals surface area (Å²) in [6.45, 7) is 11.5. The third-order valence-electron chi connectivity index (χ3n) is 5.37. The summed E-state index contributed by atoms with van der Waals surface area (Å²) < 4.78 is 6.79. The zero-order chi connectivity index (χ0) is 24.3. The van der Waals surface area contributed by atoms with Crippen LogP contribution in [0.1, 0.15) is 67.7 Å². The maximum atomic E-state index is 12.7. The average Bonchev–Trinajstić information content (AvgIpc) is 3.35. The molecule has 2 amide bonds. The van der Waals surface area contributed by atoms with E-state index in [9.17, 15) is 9.59 Å². The molecule has 0 aliphatic rings. The number of allylic oxidation sites excluding steroid dienone is 1. The highest BCUT2D eigenvalue weighted by Crippen LogP contribution is 2.30. The number of nitrogens with two attached hydrogens (primary N) is 2. The molecule has 3 aromatic rings. The van der Waals surface area contributed by atoms with E-state index in [0.29, 0.717) is 23.6 Å². The second kappa shape index (κ2) is 9.72. The molecular weight excluding hydrogens is 420 g/mol. The summed E-state index contributed by atoms with van der Waals surface area (Å²) >= 11 is 0. The molecule has 9 nitrogen and oxygen atoms in total. The highest BCUT2D eigenvalue weighted by molar-refractivity contribution is 6.03. The van der Waals surface area contributed by atoms with Gasteiger partial charge in [-0.25, -0.2) is 4.68 Å². The van der Waals surface area contributed by atoms with E-state index in [1.807, 2.05) is 32.9 Å². The second-order valence-corrected chi connectivity index (χ2v) is 8.48. The molecule has 1 unspecified atom stereocenters. The van der Waals surface area contributed by atoms with Crippen LogP contribution in [0.2, 0.25) is 0 Å². The maximum absolute atomic E-state index is 12.7. The fourth-order valence-electron chi connectivity index (χ4n) is 3.43. The molecule has 33 heavy (non-hydrogen) atoms. The molecule has 1 atom stereocenters. The Kier molecular flexibility index (Phi) is 7.01. The van der Waals surface area contributed by atoms with Gasteiger partial charge in [0.15, 0.2) is 0 Å². The number of carbonyl (C=O) groups is 2. The van der Waals surface area contributed by atoms with Gasteiger partial charge in [0.1, 0.15) is 17.1 Å². The van der Waals surface area contributed by atoms with Crippen LogP contribution >= 0.6 is 0 Å². The number of hydrogen-bond donors (Lipinski definition) is 3. The Morgan fingerprint density at radius 1 is 1.21 bits per heavy atom. The Morgan fingerprint density at radius 2 is 1.88 bits per heavy atom. The molecule has 3 rings (SSSR count). The smallest absolute Gasteiger partial charge is 0.254 e. The lowest BCUT2D eigenvalue weighted by Crippen LogP contribution is -2.18. The summed E-state index contributed by atoms with van der Waals surface area (Å²) in [5, 5.41) is 11.2. The van der Waals surface area contributed by atoms with Crippen LogP contribution in [0.3, 0.4) is 0 Å². The summed E-state index contributed by atoms with van der Waals surface area (Å²) in [6, 6.07) is 8.90. The molecule has 9 heteroatoms. The lowest BCUT2D eigenvalue weighted by Gasteiger charge is -2.11. The van der Waals surface area contributed by atoms with Crippen molar-refractivity contribution in [2.75, 3.05) is 11.1 Å². The number of nitrogens with zero attached hydrogens (tertiary/aromatic N) is 3. The van der Waals surface area contributed by atoms with Crippen LogP contribution in [0.4, 0.5) is 11.7 Å². The van der Waals surface area contributed by atoms with E-state index in [2.05, 4.69) is 22.2 Å². The van der Waals surface area contributed by atoms with Gasteiger partial charge in [0.25, 0.3) is 5.91 Å². The quantitative estimate of drug-likeness (QED) is 0.420. The molecule has 0 saturated heterocycles. The molecule has 0 bridgehead atoms. The monoisotopic (exact) mass is 450 g/mol. The largest absolute Gasteiger partial charge is 0.383 e. The van der Waals surface area contributed by atoms with E-state index in [1.165, 1.54) is 0 Å². The van der Waals surface area contributed by atoms with Crippen LogP contribution in [0.5, 0.6) is 0 Å². The van der Waals surface area contributed by atoms with Crippen LogP contribution < -0.4 is 16.8 Å². The topological polar surface area (TPSA) is 142 Å². The third-order valence-corrected chi connectivity index (χ3v) is 5.37. The third kappa shape index (κ3) is 5.31. The number of amides is 2. The summed E-state index contributed by atoms with van der Waals surface area (Å²) in [4.78, 5) is 24.7. The minimum absolute atomic E-state index is 0.0303. The number of aryl methyl sites for hydroxylation is 1. The predicted molar refractivity (Wildman–Crippen MR) is 128 cm³/mol.